The number of nitrogen functional groups attached to an aromatic ring is 1. The van der Waals surface area contributed by atoms with Gasteiger partial charge in [-0.3, -0.25) is 0 Å². The molecule has 2 atom stereocenters. The number of anilines is 2. The van der Waals surface area contributed by atoms with Crippen LogP contribution in [0, 0.1) is 6.92 Å². The fourth-order valence-corrected chi connectivity index (χ4v) is 3.10. The van der Waals surface area contributed by atoms with E-state index < -0.39 is 0 Å². The molecule has 0 fully saturated rings. The Labute approximate surface area is 152 Å². The van der Waals surface area contributed by atoms with Gasteiger partial charge in [0.05, 0.1) is 0 Å². The Morgan fingerprint density at radius 1 is 1.20 bits per heavy atom. The molecule has 0 saturated carbocycles. The lowest BCUT2D eigenvalue weighted by atomic mass is 10.0. The van der Waals surface area contributed by atoms with Crippen LogP contribution in [-0.4, -0.2) is 21.4 Å². The van der Waals surface area contributed by atoms with E-state index >= 15 is 0 Å². The van der Waals surface area contributed by atoms with Crippen molar-refractivity contribution in [1.29, 1.82) is 0 Å². The van der Waals surface area contributed by atoms with E-state index in [1.165, 1.54) is 18.4 Å². The lowest BCUT2D eigenvalue weighted by molar-refractivity contribution is 0.634. The van der Waals surface area contributed by atoms with Crippen LogP contribution in [0.4, 0.5) is 11.8 Å². The number of aromatic nitrogens is 2. The molecule has 2 rings (SSSR count). The summed E-state index contributed by atoms with van der Waals surface area (Å²) in [5, 5.41) is 3.43. The van der Waals surface area contributed by atoms with Crippen LogP contribution in [0.1, 0.15) is 61.2 Å². The average Bonchev–Trinajstić information content (AvgIpc) is 2.61. The maximum atomic E-state index is 9.30. The van der Waals surface area contributed by atoms with Crippen molar-refractivity contribution in [2.75, 3.05) is 17.6 Å². The Bertz CT molecular complexity index is 676. The first kappa shape index (κ1) is 19.6. The zero-order chi connectivity index (χ0) is 18.2. The second-order valence-electron chi connectivity index (χ2n) is 6.40. The van der Waals surface area contributed by atoms with Gasteiger partial charge in [-0.05, 0) is 24.5 Å². The highest BCUT2D eigenvalue weighted by Crippen LogP contribution is 2.31. The molecule has 0 aliphatic rings. The molecule has 136 valence electrons. The van der Waals surface area contributed by atoms with Crippen molar-refractivity contribution in [2.24, 2.45) is 0 Å². The van der Waals surface area contributed by atoms with E-state index in [0.717, 1.165) is 42.0 Å². The van der Waals surface area contributed by atoms with Crippen molar-refractivity contribution in [1.82, 2.24) is 9.97 Å². The van der Waals surface area contributed by atoms with E-state index in [0.29, 0.717) is 5.95 Å². The highest BCUT2D eigenvalue weighted by molar-refractivity contribution is 7.31. The van der Waals surface area contributed by atoms with Crippen LogP contribution in [0.25, 0.3) is 0 Å². The van der Waals surface area contributed by atoms with Crippen LogP contribution < -0.4 is 11.1 Å². The fraction of sp³-hybridized carbons (Fsp3) is 0.474. The average molecular weight is 360 g/mol. The predicted molar refractivity (Wildman–Crippen MR) is 107 cm³/mol. The van der Waals surface area contributed by atoms with E-state index in [9.17, 15) is 4.89 Å². The molecule has 0 aliphatic heterocycles. The number of nitrogens with two attached hydrogens (primary N) is 1. The van der Waals surface area contributed by atoms with E-state index in [1.807, 2.05) is 13.8 Å². The van der Waals surface area contributed by atoms with Crippen molar-refractivity contribution >= 4 is 20.6 Å². The van der Waals surface area contributed by atoms with Crippen LogP contribution in [-0.2, 0) is 6.42 Å². The second kappa shape index (κ2) is 9.69. The van der Waals surface area contributed by atoms with Gasteiger partial charge in [0.25, 0.3) is 0 Å². The maximum Gasteiger partial charge on any atom is 0.222 e. The van der Waals surface area contributed by atoms with Gasteiger partial charge >= 0.3 is 0 Å². The predicted octanol–water partition coefficient (Wildman–Crippen LogP) is 4.21. The van der Waals surface area contributed by atoms with Crippen LogP contribution in [0.5, 0.6) is 0 Å². The summed E-state index contributed by atoms with van der Waals surface area (Å²) >= 11 is 0. The number of rotatable bonds is 9. The van der Waals surface area contributed by atoms with Crippen molar-refractivity contribution in [2.45, 2.75) is 52.1 Å². The molecule has 25 heavy (non-hydrogen) atoms. The van der Waals surface area contributed by atoms with Crippen molar-refractivity contribution in [3.05, 3.63) is 46.6 Å². The van der Waals surface area contributed by atoms with Gasteiger partial charge in [0, 0.05) is 38.7 Å². The molecule has 5 nitrogen and oxygen atoms in total. The number of benzene rings is 1. The monoisotopic (exact) mass is 360 g/mol. The van der Waals surface area contributed by atoms with E-state index in [2.05, 4.69) is 46.5 Å². The van der Waals surface area contributed by atoms with Crippen LogP contribution >= 0.6 is 8.81 Å². The quantitative estimate of drug-likeness (QED) is 0.461. The molecule has 6 heteroatoms. The highest BCUT2D eigenvalue weighted by atomic mass is 31.1. The Balaban J connectivity index is 2.17. The summed E-state index contributed by atoms with van der Waals surface area (Å²) in [5.74, 6) is 1.16. The summed E-state index contributed by atoms with van der Waals surface area (Å²) in [4.78, 5) is 18.0. The van der Waals surface area contributed by atoms with Crippen LogP contribution in [0.15, 0.2) is 24.3 Å². The Hall–Kier alpha value is -1.71. The van der Waals surface area contributed by atoms with Gasteiger partial charge in [0.15, 0.2) is 0 Å². The minimum atomic E-state index is -0.0707. The lowest BCUT2D eigenvalue weighted by Gasteiger charge is -2.15. The molecule has 0 radical (unpaired) electrons. The normalized spacial score (nSPS) is 12.6. The van der Waals surface area contributed by atoms with Crippen molar-refractivity contribution < 1.29 is 4.89 Å². The zero-order valence-corrected chi connectivity index (χ0v) is 16.3. The minimum Gasteiger partial charge on any atom is -0.376 e. The third-order valence-corrected chi connectivity index (χ3v) is 5.08. The molecule has 0 spiro atoms. The Morgan fingerprint density at radius 2 is 1.92 bits per heavy atom. The molecular weight excluding hydrogens is 331 g/mol. The molecular formula is C19H29N4OP. The number of hydrogen-bond acceptors (Lipinski definition) is 5. The summed E-state index contributed by atoms with van der Waals surface area (Å²) in [6.45, 7) is 7.10. The molecule has 0 saturated heterocycles. The Kier molecular flexibility index (Phi) is 7.60. The number of nitrogens with zero attached hydrogens (tertiary/aromatic N) is 2. The topological polar surface area (TPSA) is 84.1 Å². The maximum absolute atomic E-state index is 9.30. The van der Waals surface area contributed by atoms with Gasteiger partial charge in [-0.15, -0.1) is 0 Å². The first-order chi connectivity index (χ1) is 12.0. The molecule has 2 unspecified atom stereocenters. The third-order valence-electron chi connectivity index (χ3n) is 4.36. The minimum absolute atomic E-state index is 0.0707. The molecule has 0 bridgehead atoms. The number of nitrogens with one attached hydrogen (secondary N) is 1. The molecule has 0 aliphatic carbocycles. The lowest BCUT2D eigenvalue weighted by Crippen LogP contribution is -2.11. The van der Waals surface area contributed by atoms with Gasteiger partial charge in [0.2, 0.25) is 5.95 Å². The van der Waals surface area contributed by atoms with Gasteiger partial charge in [0.1, 0.15) is 5.82 Å². The van der Waals surface area contributed by atoms with E-state index in [4.69, 9.17) is 5.73 Å². The van der Waals surface area contributed by atoms with Crippen LogP contribution in [0.3, 0.4) is 0 Å². The smallest absolute Gasteiger partial charge is 0.222 e. The summed E-state index contributed by atoms with van der Waals surface area (Å²) < 4.78 is 0. The summed E-state index contributed by atoms with van der Waals surface area (Å²) in [7, 11) is -0.0707. The van der Waals surface area contributed by atoms with E-state index in [1.54, 1.807) is 0 Å². The molecule has 1 heterocycles. The SMILES string of the molecule is CCCCCNc1nc(N)nc(C)c1Cc1ccc(C(C)PO)cc1. The van der Waals surface area contributed by atoms with Crippen molar-refractivity contribution in [3.8, 4) is 0 Å². The van der Waals surface area contributed by atoms with Gasteiger partial charge in [-0.2, -0.15) is 4.98 Å². The number of unbranched alkanes of at least 4 members (excludes halogenated alkanes) is 2. The second-order valence-corrected chi connectivity index (χ2v) is 7.52. The van der Waals surface area contributed by atoms with Gasteiger partial charge < -0.3 is 15.9 Å². The Morgan fingerprint density at radius 3 is 2.56 bits per heavy atom. The first-order valence-corrected chi connectivity index (χ1v) is 9.93. The van der Waals surface area contributed by atoms with Crippen molar-refractivity contribution in [3.63, 3.8) is 0 Å². The number of aryl methyl sites for hydroxylation is 1. The largest absolute Gasteiger partial charge is 0.376 e. The molecule has 0 amide bonds. The molecule has 4 N–H and O–H groups in total. The molecule has 2 aromatic rings. The highest BCUT2D eigenvalue weighted by Gasteiger charge is 2.12. The number of hydrogen-bond donors (Lipinski definition) is 3. The summed E-state index contributed by atoms with van der Waals surface area (Å²) in [5.41, 5.74) is 10.4. The third kappa shape index (κ3) is 5.65. The van der Waals surface area contributed by atoms with Crippen LogP contribution in [0.2, 0.25) is 0 Å². The summed E-state index contributed by atoms with van der Waals surface area (Å²) in [6, 6.07) is 8.40. The molecule has 1 aromatic heterocycles. The van der Waals surface area contributed by atoms with E-state index in [-0.39, 0.29) is 14.5 Å². The van der Waals surface area contributed by atoms with Gasteiger partial charge in [-0.1, -0.05) is 51.0 Å². The summed E-state index contributed by atoms with van der Waals surface area (Å²) in [6.07, 6.45) is 4.28. The standard InChI is InChI=1S/C19H29N4OP/c1-4-5-6-11-21-18-17(13(2)22-19(20)23-18)12-15-7-9-16(10-8-15)14(3)25-24/h7-10,14,24-25H,4-6,11-12H2,1-3H3,(H3,20,21,22,23). The first-order valence-electron chi connectivity index (χ1n) is 8.90. The van der Waals surface area contributed by atoms with Gasteiger partial charge in [-0.25, -0.2) is 4.98 Å². The molecule has 1 aromatic carbocycles. The fourth-order valence-electron chi connectivity index (χ4n) is 2.76. The zero-order valence-electron chi connectivity index (χ0n) is 15.3.